The molecule has 0 aromatic carbocycles. The zero-order chi connectivity index (χ0) is 16.8. The van der Waals surface area contributed by atoms with Gasteiger partial charge < -0.3 is 15.5 Å². The molecule has 0 spiro atoms. The molecule has 24 heavy (non-hydrogen) atoms. The molecule has 0 bridgehead atoms. The molecule has 1 aliphatic heterocycles. The van der Waals surface area contributed by atoms with Crippen LogP contribution in [-0.2, 0) is 9.59 Å². The lowest BCUT2D eigenvalue weighted by Crippen LogP contribution is -2.34. The number of rotatable bonds is 8. The third-order valence-corrected chi connectivity index (χ3v) is 5.39. The molecule has 3 unspecified atom stereocenters. The second-order valence-electron chi connectivity index (χ2n) is 7.20. The van der Waals surface area contributed by atoms with E-state index < -0.39 is 0 Å². The number of halogens is 1. The Kier molecular flexibility index (Phi) is 9.06. The van der Waals surface area contributed by atoms with Crippen molar-refractivity contribution < 1.29 is 9.59 Å². The summed E-state index contributed by atoms with van der Waals surface area (Å²) in [7, 11) is 0. The normalized spacial score (nSPS) is 25.3. The second-order valence-corrected chi connectivity index (χ2v) is 7.20. The lowest BCUT2D eigenvalue weighted by Gasteiger charge is -2.22. The molecule has 3 atom stereocenters. The van der Waals surface area contributed by atoms with Crippen LogP contribution in [0.15, 0.2) is 0 Å². The minimum atomic E-state index is 0. The Hall–Kier alpha value is -0.810. The van der Waals surface area contributed by atoms with E-state index in [0.29, 0.717) is 31.1 Å². The maximum Gasteiger partial charge on any atom is 0.222 e. The fourth-order valence-corrected chi connectivity index (χ4v) is 4.12. The van der Waals surface area contributed by atoms with Gasteiger partial charge in [-0.15, -0.1) is 12.4 Å². The van der Waals surface area contributed by atoms with Gasteiger partial charge in [-0.1, -0.05) is 13.8 Å². The number of amides is 2. The number of likely N-dealkylation sites (tertiary alicyclic amines) is 1. The Morgan fingerprint density at radius 3 is 2.33 bits per heavy atom. The number of hydrogen-bond acceptors (Lipinski definition) is 3. The van der Waals surface area contributed by atoms with Crippen LogP contribution >= 0.6 is 12.4 Å². The first-order chi connectivity index (χ1) is 11.1. The van der Waals surface area contributed by atoms with E-state index in [1.807, 2.05) is 9.80 Å². The van der Waals surface area contributed by atoms with Gasteiger partial charge in [-0.25, -0.2) is 0 Å². The SMILES string of the molecule is CCCN(CCC)C(=O)CCCC(=O)N1CC2CCC(N)C2C1.Cl. The number of carbonyl (C=O) groups is 2. The van der Waals surface area contributed by atoms with E-state index in [1.165, 1.54) is 0 Å². The first-order valence-electron chi connectivity index (χ1n) is 9.37. The molecule has 5 nitrogen and oxygen atoms in total. The highest BCUT2D eigenvalue weighted by atomic mass is 35.5. The number of carbonyl (C=O) groups excluding carboxylic acids is 2. The standard InChI is InChI=1S/C18H33N3O2.ClH/c1-3-10-20(11-4-2)17(22)6-5-7-18(23)21-12-14-8-9-16(19)15(14)13-21;/h14-16H,3-13,19H2,1-2H3;1H. The molecule has 2 N–H and O–H groups in total. The molecule has 6 heteroatoms. The molecule has 0 radical (unpaired) electrons. The lowest BCUT2D eigenvalue weighted by atomic mass is 9.98. The molecule has 1 saturated carbocycles. The fourth-order valence-electron chi connectivity index (χ4n) is 4.12. The summed E-state index contributed by atoms with van der Waals surface area (Å²) >= 11 is 0. The monoisotopic (exact) mass is 359 g/mol. The van der Waals surface area contributed by atoms with E-state index in [4.69, 9.17) is 5.73 Å². The van der Waals surface area contributed by atoms with Crippen molar-refractivity contribution in [1.82, 2.24) is 9.80 Å². The molecule has 1 heterocycles. The smallest absolute Gasteiger partial charge is 0.222 e. The molecule has 2 rings (SSSR count). The maximum atomic E-state index is 12.3. The van der Waals surface area contributed by atoms with Crippen molar-refractivity contribution in [2.75, 3.05) is 26.2 Å². The van der Waals surface area contributed by atoms with Gasteiger partial charge in [0.1, 0.15) is 0 Å². The zero-order valence-corrected chi connectivity index (χ0v) is 16.0. The van der Waals surface area contributed by atoms with Crippen LogP contribution < -0.4 is 5.73 Å². The van der Waals surface area contributed by atoms with Crippen molar-refractivity contribution in [3.63, 3.8) is 0 Å². The number of hydrogen-bond donors (Lipinski definition) is 1. The minimum absolute atomic E-state index is 0. The topological polar surface area (TPSA) is 66.6 Å². The number of nitrogens with two attached hydrogens (primary N) is 1. The molecular formula is C18H34ClN3O2. The predicted molar refractivity (Wildman–Crippen MR) is 99.0 cm³/mol. The molecule has 140 valence electrons. The Morgan fingerprint density at radius 1 is 1.08 bits per heavy atom. The molecule has 0 aromatic heterocycles. The molecule has 0 aromatic rings. The van der Waals surface area contributed by atoms with Gasteiger partial charge in [-0.2, -0.15) is 0 Å². The van der Waals surface area contributed by atoms with E-state index in [-0.39, 0.29) is 30.3 Å². The van der Waals surface area contributed by atoms with Crippen LogP contribution in [0.1, 0.15) is 58.8 Å². The van der Waals surface area contributed by atoms with Gasteiger partial charge in [0.15, 0.2) is 0 Å². The highest BCUT2D eigenvalue weighted by Gasteiger charge is 2.42. The van der Waals surface area contributed by atoms with Crippen molar-refractivity contribution in [2.24, 2.45) is 17.6 Å². The average molecular weight is 360 g/mol. The first-order valence-corrected chi connectivity index (χ1v) is 9.37. The summed E-state index contributed by atoms with van der Waals surface area (Å²) in [5, 5.41) is 0. The van der Waals surface area contributed by atoms with Crippen LogP contribution in [0.4, 0.5) is 0 Å². The average Bonchev–Trinajstić information content (AvgIpc) is 3.09. The first kappa shape index (κ1) is 21.2. The van der Waals surface area contributed by atoms with E-state index in [2.05, 4.69) is 13.8 Å². The van der Waals surface area contributed by atoms with E-state index in [9.17, 15) is 9.59 Å². The van der Waals surface area contributed by atoms with Crippen molar-refractivity contribution in [1.29, 1.82) is 0 Å². The van der Waals surface area contributed by atoms with E-state index >= 15 is 0 Å². The summed E-state index contributed by atoms with van der Waals surface area (Å²) in [5.41, 5.74) is 6.12. The lowest BCUT2D eigenvalue weighted by molar-refractivity contribution is -0.132. The minimum Gasteiger partial charge on any atom is -0.343 e. The largest absolute Gasteiger partial charge is 0.343 e. The van der Waals surface area contributed by atoms with Crippen molar-refractivity contribution >= 4 is 24.2 Å². The van der Waals surface area contributed by atoms with E-state index in [0.717, 1.165) is 51.9 Å². The fraction of sp³-hybridized carbons (Fsp3) is 0.889. The third kappa shape index (κ3) is 5.35. The summed E-state index contributed by atoms with van der Waals surface area (Å²) in [6, 6.07) is 0.274. The van der Waals surface area contributed by atoms with Crippen molar-refractivity contribution in [2.45, 2.75) is 64.8 Å². The van der Waals surface area contributed by atoms with Crippen LogP contribution in [0.25, 0.3) is 0 Å². The van der Waals surface area contributed by atoms with Gasteiger partial charge in [0.25, 0.3) is 0 Å². The van der Waals surface area contributed by atoms with Gasteiger partial charge in [-0.05, 0) is 43.9 Å². The van der Waals surface area contributed by atoms with E-state index in [1.54, 1.807) is 0 Å². The van der Waals surface area contributed by atoms with Crippen molar-refractivity contribution in [3.8, 4) is 0 Å². The Balaban J connectivity index is 0.00000288. The van der Waals surface area contributed by atoms with Gasteiger partial charge in [0, 0.05) is 45.1 Å². The van der Waals surface area contributed by atoms with Gasteiger partial charge in [0.2, 0.25) is 11.8 Å². The molecule has 2 fully saturated rings. The summed E-state index contributed by atoms with van der Waals surface area (Å²) in [6.45, 7) is 7.55. The highest BCUT2D eigenvalue weighted by Crippen LogP contribution is 2.37. The molecule has 1 aliphatic carbocycles. The number of fused-ring (bicyclic) bond motifs is 1. The van der Waals surface area contributed by atoms with Crippen LogP contribution in [0.2, 0.25) is 0 Å². The molecule has 1 saturated heterocycles. The van der Waals surface area contributed by atoms with Crippen molar-refractivity contribution in [3.05, 3.63) is 0 Å². The Labute approximate surface area is 152 Å². The Morgan fingerprint density at radius 2 is 1.75 bits per heavy atom. The summed E-state index contributed by atoms with van der Waals surface area (Å²) in [4.78, 5) is 28.5. The summed E-state index contributed by atoms with van der Waals surface area (Å²) in [5.74, 6) is 1.52. The number of nitrogens with zero attached hydrogens (tertiary/aromatic N) is 2. The second kappa shape index (κ2) is 10.2. The maximum absolute atomic E-state index is 12.3. The van der Waals surface area contributed by atoms with Gasteiger partial charge in [0.05, 0.1) is 0 Å². The summed E-state index contributed by atoms with van der Waals surface area (Å²) < 4.78 is 0. The molecular weight excluding hydrogens is 326 g/mol. The van der Waals surface area contributed by atoms with Crippen LogP contribution in [0, 0.1) is 11.8 Å². The quantitative estimate of drug-likeness (QED) is 0.723. The van der Waals surface area contributed by atoms with Crippen LogP contribution in [-0.4, -0.2) is 53.8 Å². The highest BCUT2D eigenvalue weighted by molar-refractivity contribution is 5.85. The molecule has 2 amide bonds. The molecule has 2 aliphatic rings. The van der Waals surface area contributed by atoms with Crippen LogP contribution in [0.5, 0.6) is 0 Å². The Bertz CT molecular complexity index is 413. The zero-order valence-electron chi connectivity index (χ0n) is 15.2. The van der Waals surface area contributed by atoms with Gasteiger partial charge >= 0.3 is 0 Å². The predicted octanol–water partition coefficient (Wildman–Crippen LogP) is 2.42. The summed E-state index contributed by atoms with van der Waals surface area (Å²) in [6.07, 6.45) is 5.90. The van der Waals surface area contributed by atoms with Gasteiger partial charge in [-0.3, -0.25) is 9.59 Å². The third-order valence-electron chi connectivity index (χ3n) is 5.39. The van der Waals surface area contributed by atoms with Crippen LogP contribution in [0.3, 0.4) is 0 Å².